The standard InChI is InChI=1S/C51H33N5S/c1-3-15-32(16-4-1)33-17-13-18-34(31-33)49-52-50(41-24-14-28-45-46(41)40-23-9-12-27-44(40)57-45)54-51(53-49)56-43-26-11-8-22-37(43)39-30-29-38-36-21-7-10-25-42(36)55(47(38)48(39)56)35-19-5-2-6-20-35/h2-3,5-31H,1,4H2. The molecule has 0 spiro atoms. The summed E-state index contributed by atoms with van der Waals surface area (Å²) >= 11 is 1.81. The Morgan fingerprint density at radius 3 is 1.91 bits per heavy atom. The van der Waals surface area contributed by atoms with Crippen molar-refractivity contribution in [3.8, 4) is 34.4 Å². The highest BCUT2D eigenvalue weighted by molar-refractivity contribution is 7.25. The van der Waals surface area contributed by atoms with Crippen LogP contribution in [0.1, 0.15) is 18.4 Å². The molecule has 4 aromatic heterocycles. The van der Waals surface area contributed by atoms with E-state index in [4.69, 9.17) is 15.0 Å². The van der Waals surface area contributed by atoms with Crippen molar-refractivity contribution in [1.82, 2.24) is 24.1 Å². The molecule has 0 radical (unpaired) electrons. The number of nitrogens with zero attached hydrogens (tertiary/aromatic N) is 5. The summed E-state index contributed by atoms with van der Waals surface area (Å²) in [5, 5.41) is 7.04. The van der Waals surface area contributed by atoms with Crippen molar-refractivity contribution >= 4 is 80.7 Å². The topological polar surface area (TPSA) is 48.5 Å². The first-order chi connectivity index (χ1) is 28.3. The molecule has 0 fully saturated rings. The minimum atomic E-state index is 0.581. The lowest BCUT2D eigenvalue weighted by Crippen LogP contribution is -2.07. The summed E-state index contributed by atoms with van der Waals surface area (Å²) in [6.45, 7) is 0. The minimum absolute atomic E-state index is 0.581. The third-order valence-corrected chi connectivity index (χ3v) is 12.5. The predicted molar refractivity (Wildman–Crippen MR) is 239 cm³/mol. The predicted octanol–water partition coefficient (Wildman–Crippen LogP) is 13.5. The Morgan fingerprint density at radius 1 is 0.474 bits per heavy atom. The van der Waals surface area contributed by atoms with Crippen molar-refractivity contribution in [3.63, 3.8) is 0 Å². The zero-order valence-electron chi connectivity index (χ0n) is 30.8. The van der Waals surface area contributed by atoms with E-state index in [1.54, 1.807) is 11.3 Å². The van der Waals surface area contributed by atoms with Gasteiger partial charge in [0, 0.05) is 58.5 Å². The van der Waals surface area contributed by atoms with Crippen molar-refractivity contribution in [1.29, 1.82) is 0 Å². The average molecular weight is 748 g/mol. The lowest BCUT2D eigenvalue weighted by Gasteiger charge is -2.14. The van der Waals surface area contributed by atoms with Crippen LogP contribution >= 0.6 is 11.3 Å². The SMILES string of the molecule is C1=CC(c2cccc(-c3nc(-c4cccc5sc6ccccc6c45)nc(-n4c5ccccc5c5ccc6c7ccccc7n(-c7ccccc7)c6c54)n3)c2)=CCC1. The molecule has 0 saturated carbocycles. The minimum Gasteiger partial charge on any atom is -0.307 e. The Hall–Kier alpha value is -7.15. The van der Waals surface area contributed by atoms with Crippen LogP contribution in [0, 0.1) is 0 Å². The highest BCUT2D eigenvalue weighted by atomic mass is 32.1. The molecule has 268 valence electrons. The van der Waals surface area contributed by atoms with Crippen LogP contribution in [0.15, 0.2) is 176 Å². The number of rotatable bonds is 5. The molecule has 12 rings (SSSR count). The molecule has 0 N–H and O–H groups in total. The van der Waals surface area contributed by atoms with Crippen LogP contribution in [-0.2, 0) is 0 Å². The van der Waals surface area contributed by atoms with Crippen molar-refractivity contribution < 1.29 is 0 Å². The van der Waals surface area contributed by atoms with E-state index in [1.807, 2.05) is 0 Å². The summed E-state index contributed by atoms with van der Waals surface area (Å²) < 4.78 is 7.14. The molecule has 7 aromatic carbocycles. The third-order valence-electron chi connectivity index (χ3n) is 11.4. The van der Waals surface area contributed by atoms with Gasteiger partial charge >= 0.3 is 0 Å². The molecule has 0 saturated heterocycles. The maximum absolute atomic E-state index is 5.50. The summed E-state index contributed by atoms with van der Waals surface area (Å²) in [7, 11) is 0. The van der Waals surface area contributed by atoms with Gasteiger partial charge in [0.2, 0.25) is 5.95 Å². The van der Waals surface area contributed by atoms with E-state index in [0.717, 1.165) is 68.1 Å². The third kappa shape index (κ3) is 4.97. The largest absolute Gasteiger partial charge is 0.307 e. The van der Waals surface area contributed by atoms with Crippen LogP contribution in [0.25, 0.3) is 104 Å². The maximum atomic E-state index is 5.50. The second-order valence-electron chi connectivity index (χ2n) is 14.7. The first-order valence-corrected chi connectivity index (χ1v) is 20.3. The van der Waals surface area contributed by atoms with E-state index in [1.165, 1.54) is 36.5 Å². The van der Waals surface area contributed by atoms with Crippen molar-refractivity contribution in [2.75, 3.05) is 0 Å². The number of aromatic nitrogens is 5. The number of allylic oxidation sites excluding steroid dienone is 4. The number of benzene rings is 7. The fraction of sp³-hybridized carbons (Fsp3) is 0.0392. The van der Waals surface area contributed by atoms with Gasteiger partial charge in [-0.25, -0.2) is 4.98 Å². The van der Waals surface area contributed by atoms with Crippen molar-refractivity contribution in [3.05, 3.63) is 182 Å². The molecule has 1 aliphatic rings. The van der Waals surface area contributed by atoms with Gasteiger partial charge in [0.25, 0.3) is 0 Å². The van der Waals surface area contributed by atoms with E-state index >= 15 is 0 Å². The molecule has 0 aliphatic heterocycles. The lowest BCUT2D eigenvalue weighted by molar-refractivity contribution is 0.954. The smallest absolute Gasteiger partial charge is 0.238 e. The zero-order valence-corrected chi connectivity index (χ0v) is 31.6. The molecule has 57 heavy (non-hydrogen) atoms. The Bertz CT molecular complexity index is 3470. The molecule has 1 aliphatic carbocycles. The first-order valence-electron chi connectivity index (χ1n) is 19.4. The van der Waals surface area contributed by atoms with Gasteiger partial charge in [0.1, 0.15) is 0 Å². The van der Waals surface area contributed by atoms with Crippen LogP contribution < -0.4 is 0 Å². The summed E-state index contributed by atoms with van der Waals surface area (Å²) in [5.41, 5.74) is 9.79. The fourth-order valence-electron chi connectivity index (χ4n) is 8.89. The number of hydrogen-bond donors (Lipinski definition) is 0. The van der Waals surface area contributed by atoms with Gasteiger partial charge in [-0.2, -0.15) is 9.97 Å². The number of fused-ring (bicyclic) bond motifs is 10. The number of thiophene rings is 1. The molecule has 4 heterocycles. The molecular formula is C51H33N5S. The van der Waals surface area contributed by atoms with Gasteiger partial charge in [-0.15, -0.1) is 11.3 Å². The van der Waals surface area contributed by atoms with Gasteiger partial charge in [-0.1, -0.05) is 133 Å². The molecular weight excluding hydrogens is 715 g/mol. The molecule has 0 unspecified atom stereocenters. The van der Waals surface area contributed by atoms with Gasteiger partial charge in [-0.3, -0.25) is 4.57 Å². The summed E-state index contributed by atoms with van der Waals surface area (Å²) in [5.74, 6) is 1.86. The van der Waals surface area contributed by atoms with Gasteiger partial charge < -0.3 is 4.57 Å². The lowest BCUT2D eigenvalue weighted by atomic mass is 9.98. The zero-order chi connectivity index (χ0) is 37.5. The summed E-state index contributed by atoms with van der Waals surface area (Å²) in [4.78, 5) is 16.3. The van der Waals surface area contributed by atoms with E-state index in [0.29, 0.717) is 17.6 Å². The number of hydrogen-bond acceptors (Lipinski definition) is 4. The molecule has 6 heteroatoms. The first kappa shape index (κ1) is 32.1. The summed E-state index contributed by atoms with van der Waals surface area (Å²) in [6, 6.07) is 56.3. The van der Waals surface area contributed by atoms with Crippen LogP contribution in [0.3, 0.4) is 0 Å². The highest BCUT2D eigenvalue weighted by Gasteiger charge is 2.24. The number of para-hydroxylation sites is 3. The quantitative estimate of drug-likeness (QED) is 0.176. The normalized spacial score (nSPS) is 13.2. The molecule has 5 nitrogen and oxygen atoms in total. The molecule has 0 amide bonds. The van der Waals surface area contributed by atoms with Crippen LogP contribution in [0.5, 0.6) is 0 Å². The van der Waals surface area contributed by atoms with E-state index in [9.17, 15) is 0 Å². The van der Waals surface area contributed by atoms with Gasteiger partial charge in [-0.05, 0) is 66.4 Å². The Kier molecular flexibility index (Phi) is 7.16. The maximum Gasteiger partial charge on any atom is 0.238 e. The van der Waals surface area contributed by atoms with E-state index in [2.05, 4.69) is 185 Å². The highest BCUT2D eigenvalue weighted by Crippen LogP contribution is 2.43. The van der Waals surface area contributed by atoms with Gasteiger partial charge in [0.05, 0.1) is 22.1 Å². The molecule has 0 atom stereocenters. The van der Waals surface area contributed by atoms with E-state index in [-0.39, 0.29) is 0 Å². The van der Waals surface area contributed by atoms with Crippen LogP contribution in [0.4, 0.5) is 0 Å². The summed E-state index contributed by atoms with van der Waals surface area (Å²) in [6.07, 6.45) is 8.91. The average Bonchev–Trinajstić information content (AvgIpc) is 3.95. The second kappa shape index (κ2) is 12.7. The van der Waals surface area contributed by atoms with Crippen LogP contribution in [-0.4, -0.2) is 24.1 Å². The Morgan fingerprint density at radius 2 is 1.12 bits per heavy atom. The monoisotopic (exact) mass is 747 g/mol. The van der Waals surface area contributed by atoms with Crippen molar-refractivity contribution in [2.24, 2.45) is 0 Å². The van der Waals surface area contributed by atoms with Crippen LogP contribution in [0.2, 0.25) is 0 Å². The Labute approximate surface area is 332 Å². The van der Waals surface area contributed by atoms with Crippen molar-refractivity contribution in [2.45, 2.75) is 12.8 Å². The molecule has 0 bridgehead atoms. The second-order valence-corrected chi connectivity index (χ2v) is 15.8. The molecule has 11 aromatic rings. The Balaban J connectivity index is 1.22. The van der Waals surface area contributed by atoms with Gasteiger partial charge in [0.15, 0.2) is 11.6 Å². The van der Waals surface area contributed by atoms with E-state index < -0.39 is 0 Å². The fourth-order valence-corrected chi connectivity index (χ4v) is 10.0.